The first-order valence-electron chi connectivity index (χ1n) is 11.4. The molecule has 1 aromatic heterocycles. The lowest BCUT2D eigenvalue weighted by molar-refractivity contribution is -0.140. The smallest absolute Gasteiger partial charge is 0.254 e. The Balaban J connectivity index is 1.21. The van der Waals surface area contributed by atoms with Crippen molar-refractivity contribution >= 4 is 28.9 Å². The number of amides is 2. The Kier molecular flexibility index (Phi) is 3.69. The molecule has 5 aliphatic rings. The van der Waals surface area contributed by atoms with Crippen LogP contribution in [0.2, 0.25) is 0 Å². The van der Waals surface area contributed by atoms with Crippen molar-refractivity contribution in [2.75, 3.05) is 0 Å². The van der Waals surface area contributed by atoms with Crippen LogP contribution in [0.15, 0.2) is 78.0 Å². The number of carbonyl (C=O) groups is 2. The van der Waals surface area contributed by atoms with E-state index in [1.807, 2.05) is 30.3 Å². The zero-order valence-corrected chi connectivity index (χ0v) is 17.5. The molecule has 3 aromatic rings. The molecule has 2 heterocycles. The van der Waals surface area contributed by atoms with Gasteiger partial charge in [-0.05, 0) is 41.7 Å². The summed E-state index contributed by atoms with van der Waals surface area (Å²) in [5.74, 6) is 0.989. The van der Waals surface area contributed by atoms with E-state index in [1.54, 1.807) is 6.21 Å². The van der Waals surface area contributed by atoms with Crippen molar-refractivity contribution in [1.29, 1.82) is 0 Å². The van der Waals surface area contributed by atoms with Crippen LogP contribution in [0.4, 0.5) is 0 Å². The highest BCUT2D eigenvalue weighted by molar-refractivity contribution is 6.07. The molecule has 8 rings (SSSR count). The van der Waals surface area contributed by atoms with Crippen LogP contribution in [-0.2, 0) is 16.1 Å². The summed E-state index contributed by atoms with van der Waals surface area (Å²) in [6, 6.07) is 18.5. The summed E-state index contributed by atoms with van der Waals surface area (Å²) in [6.07, 6.45) is 9.29. The maximum absolute atomic E-state index is 13.2. The first kappa shape index (κ1) is 18.1. The van der Waals surface area contributed by atoms with Crippen LogP contribution in [0.1, 0.15) is 17.5 Å². The topological polar surface area (TPSA) is 54.7 Å². The van der Waals surface area contributed by atoms with Gasteiger partial charge in [0.15, 0.2) is 0 Å². The highest BCUT2D eigenvalue weighted by atomic mass is 16.2. The van der Waals surface area contributed by atoms with E-state index in [1.165, 1.54) is 12.0 Å². The monoisotopic (exact) mass is 421 g/mol. The molecule has 3 fully saturated rings. The number of hydrazone groups is 1. The minimum Gasteiger partial charge on any atom is -0.342 e. The van der Waals surface area contributed by atoms with Gasteiger partial charge in [0.1, 0.15) is 0 Å². The summed E-state index contributed by atoms with van der Waals surface area (Å²) in [5.41, 5.74) is 3.23. The van der Waals surface area contributed by atoms with Crippen molar-refractivity contribution in [2.45, 2.75) is 13.0 Å². The predicted octanol–water partition coefficient (Wildman–Crippen LogP) is 4.08. The summed E-state index contributed by atoms with van der Waals surface area (Å²) in [5, 5.41) is 6.68. The van der Waals surface area contributed by atoms with E-state index in [2.05, 4.69) is 52.3 Å². The van der Waals surface area contributed by atoms with E-state index in [0.29, 0.717) is 11.8 Å². The Hall–Kier alpha value is -3.47. The number of carbonyl (C=O) groups excluding carboxylic acids is 2. The summed E-state index contributed by atoms with van der Waals surface area (Å²) < 4.78 is 2.19. The molecule has 4 aliphatic carbocycles. The molecule has 5 nitrogen and oxygen atoms in total. The third-order valence-electron chi connectivity index (χ3n) is 7.97. The van der Waals surface area contributed by atoms with Gasteiger partial charge in [-0.3, -0.25) is 9.59 Å². The fourth-order valence-corrected chi connectivity index (χ4v) is 6.46. The lowest BCUT2D eigenvalue weighted by atomic mass is 9.63. The fourth-order valence-electron chi connectivity index (χ4n) is 6.46. The molecule has 0 spiro atoms. The summed E-state index contributed by atoms with van der Waals surface area (Å²) in [6.45, 7) is 0.749. The molecule has 2 saturated carbocycles. The molecule has 0 unspecified atom stereocenters. The lowest BCUT2D eigenvalue weighted by Crippen LogP contribution is -2.40. The van der Waals surface area contributed by atoms with Crippen LogP contribution >= 0.6 is 0 Å². The van der Waals surface area contributed by atoms with Crippen molar-refractivity contribution in [3.8, 4) is 0 Å². The fraction of sp³-hybridized carbons (Fsp3) is 0.296. The van der Waals surface area contributed by atoms with Crippen molar-refractivity contribution < 1.29 is 9.59 Å². The number of imide groups is 1. The van der Waals surface area contributed by atoms with Crippen molar-refractivity contribution in [3.63, 3.8) is 0 Å². The number of aromatic nitrogens is 1. The molecule has 0 radical (unpaired) electrons. The Morgan fingerprint density at radius 2 is 1.53 bits per heavy atom. The second-order valence-corrected chi connectivity index (χ2v) is 9.60. The van der Waals surface area contributed by atoms with Gasteiger partial charge < -0.3 is 4.57 Å². The van der Waals surface area contributed by atoms with Crippen LogP contribution in [0, 0.1) is 35.5 Å². The van der Waals surface area contributed by atoms with E-state index in [-0.39, 0.29) is 35.5 Å². The van der Waals surface area contributed by atoms with Gasteiger partial charge in [0.05, 0.1) is 18.1 Å². The first-order valence-corrected chi connectivity index (χ1v) is 11.4. The quantitative estimate of drug-likeness (QED) is 0.362. The van der Waals surface area contributed by atoms with Gasteiger partial charge in [-0.2, -0.15) is 10.1 Å². The standard InChI is InChI=1S/C27H23N3O2/c31-26-24-19-10-11-20(22-12-21(19)22)25(24)27(32)30(26)28-13-17-15-29(14-16-6-2-1-3-7-16)23-9-5-4-8-18(17)23/h1-11,13,15,19-22,24-25H,12,14H2/b28-13-/t19-,20-,21-,22+,24-,25-/m1/s1. The van der Waals surface area contributed by atoms with Gasteiger partial charge in [0.25, 0.3) is 11.8 Å². The average Bonchev–Trinajstić information content (AvgIpc) is 3.54. The maximum Gasteiger partial charge on any atom is 0.254 e. The molecule has 1 saturated heterocycles. The van der Waals surface area contributed by atoms with Crippen LogP contribution in [-0.4, -0.2) is 27.6 Å². The molecular formula is C27H23N3O2. The molecule has 0 N–H and O–H groups in total. The van der Waals surface area contributed by atoms with Crippen molar-refractivity contribution in [2.24, 2.45) is 40.6 Å². The van der Waals surface area contributed by atoms with Gasteiger partial charge in [-0.25, -0.2) is 0 Å². The van der Waals surface area contributed by atoms with Crippen LogP contribution < -0.4 is 0 Å². The van der Waals surface area contributed by atoms with E-state index in [0.717, 1.165) is 28.0 Å². The van der Waals surface area contributed by atoms with E-state index < -0.39 is 0 Å². The number of para-hydroxylation sites is 1. The summed E-state index contributed by atoms with van der Waals surface area (Å²) in [4.78, 5) is 26.4. The van der Waals surface area contributed by atoms with Gasteiger partial charge in [-0.1, -0.05) is 60.7 Å². The predicted molar refractivity (Wildman–Crippen MR) is 122 cm³/mol. The average molecular weight is 422 g/mol. The Bertz CT molecular complexity index is 1290. The summed E-state index contributed by atoms with van der Waals surface area (Å²) in [7, 11) is 0. The third-order valence-corrected chi connectivity index (χ3v) is 7.97. The summed E-state index contributed by atoms with van der Waals surface area (Å²) >= 11 is 0. The molecule has 1 aliphatic heterocycles. The minimum absolute atomic E-state index is 0.117. The zero-order valence-electron chi connectivity index (χ0n) is 17.5. The van der Waals surface area contributed by atoms with Crippen LogP contribution in [0.25, 0.3) is 10.9 Å². The molecule has 2 aromatic carbocycles. The normalized spacial score (nSPS) is 32.2. The van der Waals surface area contributed by atoms with Gasteiger partial charge in [0, 0.05) is 29.2 Å². The van der Waals surface area contributed by atoms with Gasteiger partial charge in [0.2, 0.25) is 0 Å². The number of hydrogen-bond donors (Lipinski definition) is 0. The van der Waals surface area contributed by atoms with Crippen LogP contribution in [0.3, 0.4) is 0 Å². The number of fused-ring (bicyclic) bond motifs is 1. The Labute approximate surface area is 186 Å². The molecule has 158 valence electrons. The first-order chi connectivity index (χ1) is 15.7. The second kappa shape index (κ2) is 6.52. The van der Waals surface area contributed by atoms with Crippen molar-refractivity contribution in [1.82, 2.24) is 9.58 Å². The molecular weight excluding hydrogens is 398 g/mol. The number of hydrogen-bond acceptors (Lipinski definition) is 3. The molecule has 5 heteroatoms. The second-order valence-electron chi connectivity index (χ2n) is 9.60. The number of allylic oxidation sites excluding steroid dienone is 2. The van der Waals surface area contributed by atoms with Crippen molar-refractivity contribution in [3.05, 3.63) is 84.1 Å². The van der Waals surface area contributed by atoms with E-state index >= 15 is 0 Å². The Morgan fingerprint density at radius 1 is 0.875 bits per heavy atom. The van der Waals surface area contributed by atoms with Gasteiger partial charge >= 0.3 is 0 Å². The maximum atomic E-state index is 13.2. The number of nitrogens with zero attached hydrogens (tertiary/aromatic N) is 3. The minimum atomic E-state index is -0.210. The van der Waals surface area contributed by atoms with E-state index in [9.17, 15) is 9.59 Å². The zero-order chi connectivity index (χ0) is 21.4. The molecule has 32 heavy (non-hydrogen) atoms. The number of benzene rings is 2. The van der Waals surface area contributed by atoms with E-state index in [4.69, 9.17) is 0 Å². The SMILES string of the molecule is O=C1[C@@H]2[C@@H]3C=C[C@H]([C@@H]4C[C@H]34)[C@H]2C(=O)N1/N=C\c1cn(Cc2ccccc2)c2ccccc12. The molecule has 2 bridgehead atoms. The molecule has 2 amide bonds. The highest BCUT2D eigenvalue weighted by Crippen LogP contribution is 2.65. The third kappa shape index (κ3) is 2.48. The Morgan fingerprint density at radius 3 is 2.25 bits per heavy atom. The lowest BCUT2D eigenvalue weighted by Gasteiger charge is -2.37. The number of rotatable bonds is 4. The molecule has 6 atom stereocenters. The highest BCUT2D eigenvalue weighted by Gasteiger charge is 2.67. The van der Waals surface area contributed by atoms with Crippen LogP contribution in [0.5, 0.6) is 0 Å². The largest absolute Gasteiger partial charge is 0.342 e. The van der Waals surface area contributed by atoms with Gasteiger partial charge in [-0.15, -0.1) is 0 Å².